The largest absolute Gasteiger partial charge is 0.494 e. The van der Waals surface area contributed by atoms with Crippen LogP contribution >= 0.6 is 0 Å². The van der Waals surface area contributed by atoms with Crippen molar-refractivity contribution in [3.05, 3.63) is 24.3 Å². The number of anilines is 1. The van der Waals surface area contributed by atoms with E-state index in [1.807, 2.05) is 6.92 Å². The molecule has 0 saturated heterocycles. The van der Waals surface area contributed by atoms with Crippen LogP contribution in [-0.4, -0.2) is 43.3 Å². The molecule has 0 aromatic heterocycles. The van der Waals surface area contributed by atoms with E-state index in [-0.39, 0.29) is 19.6 Å². The quantitative estimate of drug-likeness (QED) is 0.504. The van der Waals surface area contributed by atoms with Crippen LogP contribution in [0.25, 0.3) is 0 Å². The number of amides is 2. The van der Waals surface area contributed by atoms with Gasteiger partial charge in [-0.3, -0.25) is 9.59 Å². The Bertz CT molecular complexity index is 622. The van der Waals surface area contributed by atoms with Crippen LogP contribution in [0.1, 0.15) is 40.5 Å². The molecule has 1 rings (SSSR count). The molecule has 0 saturated carbocycles. The van der Waals surface area contributed by atoms with Gasteiger partial charge in [0.1, 0.15) is 11.4 Å². The third kappa shape index (κ3) is 10.7. The summed E-state index contributed by atoms with van der Waals surface area (Å²) in [6, 6.07) is 6.88. The molecule has 8 nitrogen and oxygen atoms in total. The molecule has 0 bridgehead atoms. The minimum atomic E-state index is -0.570. The van der Waals surface area contributed by atoms with E-state index in [1.165, 1.54) is 0 Å². The maximum absolute atomic E-state index is 11.8. The van der Waals surface area contributed by atoms with E-state index in [0.717, 1.165) is 0 Å². The van der Waals surface area contributed by atoms with Gasteiger partial charge in [-0.1, -0.05) is 0 Å². The lowest BCUT2D eigenvalue weighted by Gasteiger charge is -2.19. The molecule has 0 unspecified atom stereocenters. The second-order valence-corrected chi connectivity index (χ2v) is 6.70. The van der Waals surface area contributed by atoms with Crippen molar-refractivity contribution < 1.29 is 28.6 Å². The van der Waals surface area contributed by atoms with Crippen LogP contribution in [0.4, 0.5) is 10.5 Å². The van der Waals surface area contributed by atoms with Gasteiger partial charge < -0.3 is 24.8 Å². The average Bonchev–Trinajstić information content (AvgIpc) is 2.57. The molecule has 1 aromatic carbocycles. The van der Waals surface area contributed by atoms with Crippen molar-refractivity contribution in [2.45, 2.75) is 46.1 Å². The number of rotatable bonds is 9. The second kappa shape index (κ2) is 11.1. The first kappa shape index (κ1) is 22.3. The maximum Gasteiger partial charge on any atom is 0.407 e. The fourth-order valence-corrected chi connectivity index (χ4v) is 1.95. The first-order valence-corrected chi connectivity index (χ1v) is 8.85. The number of nitrogens with one attached hydrogen (secondary N) is 2. The van der Waals surface area contributed by atoms with Crippen LogP contribution in [0.3, 0.4) is 0 Å². The minimum absolute atomic E-state index is 0.0894. The molecule has 27 heavy (non-hydrogen) atoms. The summed E-state index contributed by atoms with van der Waals surface area (Å²) in [5.74, 6) is -0.232. The summed E-state index contributed by atoms with van der Waals surface area (Å²) < 4.78 is 15.3. The number of carbonyl (C=O) groups is 3. The van der Waals surface area contributed by atoms with Crippen molar-refractivity contribution in [1.82, 2.24) is 5.32 Å². The van der Waals surface area contributed by atoms with Gasteiger partial charge in [-0.2, -0.15) is 0 Å². The van der Waals surface area contributed by atoms with E-state index in [0.29, 0.717) is 24.5 Å². The Kier molecular flexibility index (Phi) is 9.12. The van der Waals surface area contributed by atoms with Gasteiger partial charge in [0, 0.05) is 18.7 Å². The molecule has 0 aliphatic rings. The fraction of sp³-hybridized carbons (Fsp3) is 0.526. The highest BCUT2D eigenvalue weighted by atomic mass is 16.6. The highest BCUT2D eigenvalue weighted by Crippen LogP contribution is 2.15. The number of hydrogen-bond acceptors (Lipinski definition) is 6. The smallest absolute Gasteiger partial charge is 0.407 e. The lowest BCUT2D eigenvalue weighted by molar-refractivity contribution is -0.147. The van der Waals surface area contributed by atoms with Gasteiger partial charge in [-0.15, -0.1) is 0 Å². The summed E-state index contributed by atoms with van der Waals surface area (Å²) in [5, 5.41) is 5.17. The summed E-state index contributed by atoms with van der Waals surface area (Å²) in [7, 11) is 0. The molecule has 0 aliphatic carbocycles. The van der Waals surface area contributed by atoms with E-state index in [1.54, 1.807) is 45.0 Å². The maximum atomic E-state index is 11.8. The van der Waals surface area contributed by atoms with E-state index in [2.05, 4.69) is 10.6 Å². The zero-order valence-electron chi connectivity index (χ0n) is 16.3. The van der Waals surface area contributed by atoms with E-state index in [4.69, 9.17) is 14.2 Å². The third-order valence-corrected chi connectivity index (χ3v) is 3.04. The summed E-state index contributed by atoms with van der Waals surface area (Å²) in [4.78, 5) is 34.9. The molecule has 2 amide bonds. The zero-order valence-corrected chi connectivity index (χ0v) is 16.3. The Morgan fingerprint density at radius 2 is 1.74 bits per heavy atom. The number of benzene rings is 1. The number of hydrogen-bond donors (Lipinski definition) is 2. The Balaban J connectivity index is 2.18. The van der Waals surface area contributed by atoms with Crippen molar-refractivity contribution in [2.24, 2.45) is 0 Å². The van der Waals surface area contributed by atoms with Crippen molar-refractivity contribution >= 4 is 23.7 Å². The predicted molar refractivity (Wildman–Crippen MR) is 101 cm³/mol. The summed E-state index contributed by atoms with van der Waals surface area (Å²) in [6.07, 6.45) is -0.0596. The Hall–Kier alpha value is -2.77. The van der Waals surface area contributed by atoms with Crippen LogP contribution in [0.15, 0.2) is 24.3 Å². The molecule has 0 spiro atoms. The lowest BCUT2D eigenvalue weighted by atomic mass is 10.2. The third-order valence-electron chi connectivity index (χ3n) is 3.04. The highest BCUT2D eigenvalue weighted by molar-refractivity contribution is 5.92. The number of esters is 1. The van der Waals surface area contributed by atoms with Crippen molar-refractivity contribution in [3.63, 3.8) is 0 Å². The molecular weight excluding hydrogens is 352 g/mol. The molecule has 0 heterocycles. The summed E-state index contributed by atoms with van der Waals surface area (Å²) in [6.45, 7) is 7.66. The molecule has 0 atom stereocenters. The van der Waals surface area contributed by atoms with Gasteiger partial charge in [0.25, 0.3) is 5.91 Å². The van der Waals surface area contributed by atoms with Crippen LogP contribution in [-0.2, 0) is 19.1 Å². The van der Waals surface area contributed by atoms with Crippen molar-refractivity contribution in [2.75, 3.05) is 25.1 Å². The van der Waals surface area contributed by atoms with Gasteiger partial charge in [0.05, 0.1) is 6.61 Å². The zero-order chi connectivity index (χ0) is 20.3. The van der Waals surface area contributed by atoms with Crippen LogP contribution < -0.4 is 15.4 Å². The van der Waals surface area contributed by atoms with Gasteiger partial charge in [0.2, 0.25) is 0 Å². The molecule has 1 aromatic rings. The lowest BCUT2D eigenvalue weighted by Crippen LogP contribution is -2.33. The van der Waals surface area contributed by atoms with Crippen molar-refractivity contribution in [1.29, 1.82) is 0 Å². The Labute approximate surface area is 159 Å². The van der Waals surface area contributed by atoms with Crippen LogP contribution in [0, 0.1) is 0 Å². The standard InChI is InChI=1S/C19H28N2O6/c1-5-25-15-10-8-14(9-11-15)21-16(22)13-26-17(23)7-6-12-20-18(24)27-19(2,3)4/h8-11H,5-7,12-13H2,1-4H3,(H,20,24)(H,21,22). The van der Waals surface area contributed by atoms with E-state index >= 15 is 0 Å². The number of ether oxygens (including phenoxy) is 3. The second-order valence-electron chi connectivity index (χ2n) is 6.70. The molecular formula is C19H28N2O6. The van der Waals surface area contributed by atoms with E-state index in [9.17, 15) is 14.4 Å². The monoisotopic (exact) mass is 380 g/mol. The van der Waals surface area contributed by atoms with Gasteiger partial charge in [0.15, 0.2) is 6.61 Å². The Morgan fingerprint density at radius 1 is 1.07 bits per heavy atom. The number of carbonyl (C=O) groups excluding carboxylic acids is 3. The summed E-state index contributed by atoms with van der Waals surface area (Å²) in [5.41, 5.74) is 0.0146. The van der Waals surface area contributed by atoms with Crippen molar-refractivity contribution in [3.8, 4) is 5.75 Å². The van der Waals surface area contributed by atoms with Crippen LogP contribution in [0.5, 0.6) is 5.75 Å². The van der Waals surface area contributed by atoms with E-state index < -0.39 is 23.6 Å². The molecule has 0 fully saturated rings. The normalized spacial score (nSPS) is 10.7. The predicted octanol–water partition coefficient (Wildman–Crippen LogP) is 2.87. The first-order chi connectivity index (χ1) is 12.7. The molecule has 150 valence electrons. The molecule has 0 aliphatic heterocycles. The SMILES string of the molecule is CCOc1ccc(NC(=O)COC(=O)CCCNC(=O)OC(C)(C)C)cc1. The van der Waals surface area contributed by atoms with Crippen LogP contribution in [0.2, 0.25) is 0 Å². The molecule has 2 N–H and O–H groups in total. The van der Waals surface area contributed by atoms with Gasteiger partial charge >= 0.3 is 12.1 Å². The minimum Gasteiger partial charge on any atom is -0.494 e. The average molecular weight is 380 g/mol. The van der Waals surface area contributed by atoms with Gasteiger partial charge in [-0.05, 0) is 58.4 Å². The highest BCUT2D eigenvalue weighted by Gasteiger charge is 2.15. The number of alkyl carbamates (subject to hydrolysis) is 1. The topological polar surface area (TPSA) is 103 Å². The van der Waals surface area contributed by atoms with Gasteiger partial charge in [-0.25, -0.2) is 4.79 Å². The molecule has 0 radical (unpaired) electrons. The molecule has 8 heteroatoms. The fourth-order valence-electron chi connectivity index (χ4n) is 1.95. The Morgan fingerprint density at radius 3 is 2.33 bits per heavy atom. The first-order valence-electron chi connectivity index (χ1n) is 8.85. The summed E-state index contributed by atoms with van der Waals surface area (Å²) >= 11 is 0.